The number of carbonyl (C=O) groups is 2. The highest BCUT2D eigenvalue weighted by molar-refractivity contribution is 7.98. The molecule has 0 atom stereocenters. The van der Waals surface area contributed by atoms with Gasteiger partial charge in [-0.2, -0.15) is 0 Å². The molecule has 0 spiro atoms. The fourth-order valence-electron chi connectivity index (χ4n) is 3.27. The van der Waals surface area contributed by atoms with Gasteiger partial charge >= 0.3 is 0 Å². The Morgan fingerprint density at radius 1 is 1.21 bits per heavy atom. The molecule has 2 amide bonds. The number of rotatable bonds is 5. The third-order valence-electron chi connectivity index (χ3n) is 4.86. The molecule has 7 nitrogen and oxygen atoms in total. The van der Waals surface area contributed by atoms with E-state index in [0.717, 1.165) is 0 Å². The molecule has 1 heterocycles. The smallest absolute Gasteiger partial charge is 0.283 e. The van der Waals surface area contributed by atoms with Crippen molar-refractivity contribution >= 4 is 29.3 Å². The van der Waals surface area contributed by atoms with Crippen LogP contribution in [-0.4, -0.2) is 47.0 Å². The Kier molecular flexibility index (Phi) is 6.48. The van der Waals surface area contributed by atoms with E-state index in [1.54, 1.807) is 29.4 Å². The first-order valence-corrected chi connectivity index (χ1v) is 10.3. The van der Waals surface area contributed by atoms with E-state index in [0.29, 0.717) is 30.8 Å². The van der Waals surface area contributed by atoms with Gasteiger partial charge in [0, 0.05) is 30.8 Å². The second kappa shape index (κ2) is 9.04. The molecule has 0 saturated carbocycles. The number of nitro groups is 1. The molecule has 1 aliphatic rings. The molecule has 2 aromatic rings. The molecule has 2 aromatic carbocycles. The number of benzene rings is 2. The van der Waals surface area contributed by atoms with Gasteiger partial charge in [-0.05, 0) is 43.4 Å². The predicted octanol–water partition coefficient (Wildman–Crippen LogP) is 3.49. The van der Waals surface area contributed by atoms with Crippen molar-refractivity contribution in [1.29, 1.82) is 0 Å². The number of thioether (sulfide) groups is 1. The molecular weight excluding hydrogens is 397 g/mol. The highest BCUT2D eigenvalue weighted by Crippen LogP contribution is 2.28. The van der Waals surface area contributed by atoms with Crippen molar-refractivity contribution in [1.82, 2.24) is 10.2 Å². The van der Waals surface area contributed by atoms with E-state index in [4.69, 9.17) is 0 Å². The summed E-state index contributed by atoms with van der Waals surface area (Å²) in [5.41, 5.74) is 0.158. The summed E-state index contributed by atoms with van der Waals surface area (Å²) in [6.07, 6.45) is 2.78. The van der Waals surface area contributed by atoms with E-state index in [1.807, 2.05) is 0 Å². The van der Waals surface area contributed by atoms with Gasteiger partial charge in [0.05, 0.1) is 15.4 Å². The van der Waals surface area contributed by atoms with Crippen molar-refractivity contribution in [2.75, 3.05) is 19.3 Å². The number of hydrogen-bond acceptors (Lipinski definition) is 5. The first kappa shape index (κ1) is 20.8. The number of nitro benzene ring substituents is 1. The minimum atomic E-state index is -0.553. The molecule has 0 bridgehead atoms. The summed E-state index contributed by atoms with van der Waals surface area (Å²) in [6.45, 7) is 0.785. The molecular formula is C20H20FN3O4S. The SMILES string of the molecule is CSc1ccc(C(=O)NC2CCN(C(=O)c3ccccc3F)CC2)cc1[N+](=O)[O-]. The van der Waals surface area contributed by atoms with E-state index < -0.39 is 10.7 Å². The van der Waals surface area contributed by atoms with Crippen molar-refractivity contribution in [2.24, 2.45) is 0 Å². The lowest BCUT2D eigenvalue weighted by Crippen LogP contribution is -2.46. The molecule has 1 aliphatic heterocycles. The number of likely N-dealkylation sites (tertiary alicyclic amines) is 1. The molecule has 152 valence electrons. The first-order valence-electron chi connectivity index (χ1n) is 9.07. The molecule has 0 unspecified atom stereocenters. The second-order valence-corrected chi connectivity index (χ2v) is 7.51. The number of piperidine rings is 1. The molecule has 29 heavy (non-hydrogen) atoms. The van der Waals surface area contributed by atoms with E-state index in [-0.39, 0.29) is 34.7 Å². The molecule has 0 radical (unpaired) electrons. The van der Waals surface area contributed by atoms with Gasteiger partial charge in [0.1, 0.15) is 5.82 Å². The standard InChI is InChI=1S/C20H20FN3O4S/c1-29-18-7-6-13(12-17(18)24(27)28)19(25)22-14-8-10-23(11-9-14)20(26)15-4-2-3-5-16(15)21/h2-7,12,14H,8-11H2,1H3,(H,22,25). The van der Waals surface area contributed by atoms with Crippen molar-refractivity contribution in [3.8, 4) is 0 Å². The van der Waals surface area contributed by atoms with Crippen LogP contribution in [0.15, 0.2) is 47.4 Å². The molecule has 0 aromatic heterocycles. The summed E-state index contributed by atoms with van der Waals surface area (Å²) in [5, 5.41) is 14.1. The number of nitrogens with one attached hydrogen (secondary N) is 1. The molecule has 1 N–H and O–H groups in total. The van der Waals surface area contributed by atoms with Gasteiger partial charge in [-0.1, -0.05) is 12.1 Å². The van der Waals surface area contributed by atoms with Crippen molar-refractivity contribution < 1.29 is 18.9 Å². The van der Waals surface area contributed by atoms with E-state index in [1.165, 1.54) is 36.0 Å². The molecule has 1 fully saturated rings. The molecule has 3 rings (SSSR count). The van der Waals surface area contributed by atoms with Gasteiger partial charge in [0.25, 0.3) is 17.5 Å². The second-order valence-electron chi connectivity index (χ2n) is 6.66. The molecule has 1 saturated heterocycles. The Morgan fingerprint density at radius 3 is 2.52 bits per heavy atom. The third kappa shape index (κ3) is 4.73. The fourth-order valence-corrected chi connectivity index (χ4v) is 3.82. The Hall–Kier alpha value is -2.94. The van der Waals surface area contributed by atoms with Crippen LogP contribution in [0.25, 0.3) is 0 Å². The highest BCUT2D eigenvalue weighted by Gasteiger charge is 2.26. The van der Waals surface area contributed by atoms with E-state index in [2.05, 4.69) is 5.32 Å². The molecule has 0 aliphatic carbocycles. The van der Waals surface area contributed by atoms with Crippen LogP contribution in [-0.2, 0) is 0 Å². The van der Waals surface area contributed by atoms with Gasteiger partial charge in [0.2, 0.25) is 0 Å². The third-order valence-corrected chi connectivity index (χ3v) is 5.64. The first-order chi connectivity index (χ1) is 13.9. The normalized spacial score (nSPS) is 14.5. The Morgan fingerprint density at radius 2 is 1.90 bits per heavy atom. The summed E-state index contributed by atoms with van der Waals surface area (Å²) >= 11 is 1.24. The average Bonchev–Trinajstić information content (AvgIpc) is 2.73. The minimum Gasteiger partial charge on any atom is -0.349 e. The molecule has 9 heteroatoms. The maximum atomic E-state index is 13.8. The zero-order valence-electron chi connectivity index (χ0n) is 15.8. The topological polar surface area (TPSA) is 92.6 Å². The number of amides is 2. The number of carbonyl (C=O) groups excluding carboxylic acids is 2. The van der Waals surface area contributed by atoms with Gasteiger partial charge < -0.3 is 10.2 Å². The summed E-state index contributed by atoms with van der Waals surface area (Å²) in [5.74, 6) is -1.31. The van der Waals surface area contributed by atoms with Crippen LogP contribution < -0.4 is 5.32 Å². The number of halogens is 1. The summed E-state index contributed by atoms with van der Waals surface area (Å²) in [7, 11) is 0. The fraction of sp³-hybridized carbons (Fsp3) is 0.300. The summed E-state index contributed by atoms with van der Waals surface area (Å²) in [6, 6.07) is 10.1. The quantitative estimate of drug-likeness (QED) is 0.457. The van der Waals surface area contributed by atoms with Crippen LogP contribution in [0, 0.1) is 15.9 Å². The summed E-state index contributed by atoms with van der Waals surface area (Å²) in [4.78, 5) is 37.7. The number of hydrogen-bond donors (Lipinski definition) is 1. The largest absolute Gasteiger partial charge is 0.349 e. The summed E-state index contributed by atoms with van der Waals surface area (Å²) < 4.78 is 13.8. The van der Waals surface area contributed by atoms with Crippen LogP contribution in [0.5, 0.6) is 0 Å². The van der Waals surface area contributed by atoms with Crippen LogP contribution >= 0.6 is 11.8 Å². The minimum absolute atomic E-state index is 0.0381. The monoisotopic (exact) mass is 417 g/mol. The Balaban J connectivity index is 1.60. The van der Waals surface area contributed by atoms with Crippen LogP contribution in [0.1, 0.15) is 33.6 Å². The zero-order chi connectivity index (χ0) is 21.0. The van der Waals surface area contributed by atoms with Gasteiger partial charge in [-0.3, -0.25) is 19.7 Å². The maximum Gasteiger partial charge on any atom is 0.283 e. The lowest BCUT2D eigenvalue weighted by molar-refractivity contribution is -0.387. The van der Waals surface area contributed by atoms with Crippen LogP contribution in [0.2, 0.25) is 0 Å². The predicted molar refractivity (Wildman–Crippen MR) is 108 cm³/mol. The van der Waals surface area contributed by atoms with Gasteiger partial charge in [-0.25, -0.2) is 4.39 Å². The Bertz CT molecular complexity index is 945. The van der Waals surface area contributed by atoms with E-state index >= 15 is 0 Å². The van der Waals surface area contributed by atoms with Crippen LogP contribution in [0.4, 0.5) is 10.1 Å². The Labute approximate surface area is 171 Å². The average molecular weight is 417 g/mol. The van der Waals surface area contributed by atoms with Crippen molar-refractivity contribution in [3.05, 3.63) is 69.5 Å². The van der Waals surface area contributed by atoms with Gasteiger partial charge in [0.15, 0.2) is 0 Å². The lowest BCUT2D eigenvalue weighted by atomic mass is 10.0. The van der Waals surface area contributed by atoms with Crippen molar-refractivity contribution in [2.45, 2.75) is 23.8 Å². The number of nitrogens with zero attached hydrogens (tertiary/aromatic N) is 2. The maximum absolute atomic E-state index is 13.8. The van der Waals surface area contributed by atoms with E-state index in [9.17, 15) is 24.1 Å². The zero-order valence-corrected chi connectivity index (χ0v) is 16.6. The van der Waals surface area contributed by atoms with Gasteiger partial charge in [-0.15, -0.1) is 11.8 Å². The highest BCUT2D eigenvalue weighted by atomic mass is 32.2. The van der Waals surface area contributed by atoms with Crippen molar-refractivity contribution in [3.63, 3.8) is 0 Å². The van der Waals surface area contributed by atoms with Crippen LogP contribution in [0.3, 0.4) is 0 Å². The lowest BCUT2D eigenvalue weighted by Gasteiger charge is -2.32.